The van der Waals surface area contributed by atoms with Crippen LogP contribution in [0.25, 0.3) is 10.9 Å². The van der Waals surface area contributed by atoms with Gasteiger partial charge in [-0.2, -0.15) is 0 Å². The van der Waals surface area contributed by atoms with Gasteiger partial charge in [-0.3, -0.25) is 4.79 Å². The van der Waals surface area contributed by atoms with E-state index in [2.05, 4.69) is 4.98 Å². The van der Waals surface area contributed by atoms with E-state index in [1.54, 1.807) is 0 Å². The average Bonchev–Trinajstić information content (AvgIpc) is 2.71. The molecular weight excluding hydrogens is 238 g/mol. The third-order valence-corrected chi connectivity index (χ3v) is 3.32. The molecule has 0 aliphatic rings. The fourth-order valence-corrected chi connectivity index (χ4v) is 2.33. The second-order valence-corrected chi connectivity index (χ2v) is 4.65. The number of carbonyl (C=O) groups is 1. The molecule has 2 N–H and O–H groups in total. The maximum absolute atomic E-state index is 10.6. The number of carboxylic acid groups (broad SMARTS) is 1. The summed E-state index contributed by atoms with van der Waals surface area (Å²) in [5, 5.41) is 10.4. The Kier molecular flexibility index (Phi) is 3.38. The molecule has 0 spiro atoms. The highest BCUT2D eigenvalue weighted by Gasteiger charge is 2.14. The Morgan fingerprint density at radius 2 is 2.29 bits per heavy atom. The van der Waals surface area contributed by atoms with Gasteiger partial charge >= 0.3 is 5.97 Å². The molecule has 0 fully saturated rings. The molecule has 0 bridgehead atoms. The largest absolute Gasteiger partial charge is 0.481 e. The molecule has 0 saturated heterocycles. The first-order chi connectivity index (χ1) is 8.09. The zero-order valence-corrected chi connectivity index (χ0v) is 10.3. The van der Waals surface area contributed by atoms with Crippen molar-refractivity contribution in [3.05, 3.63) is 35.0 Å². The summed E-state index contributed by atoms with van der Waals surface area (Å²) in [6.45, 7) is 2.02. The van der Waals surface area contributed by atoms with Crippen LogP contribution in [0.1, 0.15) is 31.2 Å². The summed E-state index contributed by atoms with van der Waals surface area (Å²) in [5.41, 5.74) is 2.08. The molecule has 2 rings (SSSR count). The Bertz CT molecular complexity index is 547. The predicted molar refractivity (Wildman–Crippen MR) is 68.6 cm³/mol. The maximum atomic E-state index is 10.6. The van der Waals surface area contributed by atoms with E-state index < -0.39 is 5.97 Å². The smallest absolute Gasteiger partial charge is 0.303 e. The molecule has 1 aromatic carbocycles. The lowest BCUT2D eigenvalue weighted by molar-refractivity contribution is -0.137. The van der Waals surface area contributed by atoms with Gasteiger partial charge in [0.1, 0.15) is 0 Å². The van der Waals surface area contributed by atoms with Crippen LogP contribution in [0.15, 0.2) is 24.4 Å². The van der Waals surface area contributed by atoms with Crippen molar-refractivity contribution in [1.29, 1.82) is 0 Å². The topological polar surface area (TPSA) is 53.1 Å². The highest BCUT2D eigenvalue weighted by molar-refractivity contribution is 6.35. The minimum atomic E-state index is -0.761. The maximum Gasteiger partial charge on any atom is 0.303 e. The van der Waals surface area contributed by atoms with Crippen LogP contribution in [-0.2, 0) is 4.79 Å². The van der Waals surface area contributed by atoms with E-state index in [0.717, 1.165) is 16.5 Å². The molecule has 2 aromatic rings. The van der Waals surface area contributed by atoms with E-state index in [1.165, 1.54) is 0 Å². The Hall–Kier alpha value is -1.48. The molecule has 1 unspecified atom stereocenters. The summed E-state index contributed by atoms with van der Waals surface area (Å²) in [5.74, 6) is -0.581. The fraction of sp³-hybridized carbons (Fsp3) is 0.308. The molecular formula is C13H14ClNO2. The second kappa shape index (κ2) is 4.80. The number of halogens is 1. The Labute approximate surface area is 104 Å². The Morgan fingerprint density at radius 3 is 3.00 bits per heavy atom. The van der Waals surface area contributed by atoms with Crippen LogP contribution in [-0.4, -0.2) is 16.1 Å². The summed E-state index contributed by atoms with van der Waals surface area (Å²) < 4.78 is 0. The minimum Gasteiger partial charge on any atom is -0.481 e. The number of rotatable bonds is 4. The standard InChI is InChI=1S/C13H14ClNO2/c1-8(5-6-12(16)17)9-7-15-11-4-2-3-10(14)13(9)11/h2-4,7-8,15H,5-6H2,1H3,(H,16,17). The molecule has 0 aliphatic carbocycles. The van der Waals surface area contributed by atoms with E-state index in [9.17, 15) is 4.79 Å². The van der Waals surface area contributed by atoms with Crippen LogP contribution < -0.4 is 0 Å². The van der Waals surface area contributed by atoms with Gasteiger partial charge in [-0.25, -0.2) is 0 Å². The lowest BCUT2D eigenvalue weighted by Crippen LogP contribution is -1.99. The number of hydrogen-bond acceptors (Lipinski definition) is 1. The molecule has 17 heavy (non-hydrogen) atoms. The SMILES string of the molecule is CC(CCC(=O)O)c1c[nH]c2cccc(Cl)c12. The number of fused-ring (bicyclic) bond motifs is 1. The molecule has 0 radical (unpaired) electrons. The van der Waals surface area contributed by atoms with Crippen LogP contribution in [0, 0.1) is 0 Å². The van der Waals surface area contributed by atoms with Gasteiger partial charge < -0.3 is 10.1 Å². The molecule has 0 aliphatic heterocycles. The van der Waals surface area contributed by atoms with Crippen molar-refractivity contribution in [2.75, 3.05) is 0 Å². The van der Waals surface area contributed by atoms with Gasteiger partial charge in [0.05, 0.1) is 5.02 Å². The molecule has 3 nitrogen and oxygen atoms in total. The zero-order chi connectivity index (χ0) is 12.4. The first kappa shape index (κ1) is 12.0. The number of aromatic amines is 1. The van der Waals surface area contributed by atoms with Gasteiger partial charge in [0, 0.05) is 23.5 Å². The van der Waals surface area contributed by atoms with Crippen molar-refractivity contribution in [2.24, 2.45) is 0 Å². The summed E-state index contributed by atoms with van der Waals surface area (Å²) in [6.07, 6.45) is 2.72. The minimum absolute atomic E-state index is 0.179. The molecule has 90 valence electrons. The van der Waals surface area contributed by atoms with Gasteiger partial charge in [0.15, 0.2) is 0 Å². The molecule has 1 aromatic heterocycles. The first-order valence-electron chi connectivity index (χ1n) is 5.57. The number of aliphatic carboxylic acids is 1. The lowest BCUT2D eigenvalue weighted by atomic mass is 9.96. The second-order valence-electron chi connectivity index (χ2n) is 4.24. The van der Waals surface area contributed by atoms with Crippen molar-refractivity contribution in [3.8, 4) is 0 Å². The van der Waals surface area contributed by atoms with Crippen LogP contribution in [0.3, 0.4) is 0 Å². The van der Waals surface area contributed by atoms with E-state index in [1.807, 2.05) is 31.3 Å². The average molecular weight is 252 g/mol. The zero-order valence-electron chi connectivity index (χ0n) is 9.53. The normalized spacial score (nSPS) is 12.8. The van der Waals surface area contributed by atoms with E-state index in [-0.39, 0.29) is 12.3 Å². The van der Waals surface area contributed by atoms with Crippen molar-refractivity contribution in [3.63, 3.8) is 0 Å². The first-order valence-corrected chi connectivity index (χ1v) is 5.94. The number of hydrogen-bond donors (Lipinski definition) is 2. The van der Waals surface area contributed by atoms with Crippen molar-refractivity contribution in [2.45, 2.75) is 25.7 Å². The van der Waals surface area contributed by atoms with Crippen molar-refractivity contribution >= 4 is 28.5 Å². The molecule has 1 heterocycles. The number of H-pyrrole nitrogens is 1. The van der Waals surface area contributed by atoms with Gasteiger partial charge in [-0.15, -0.1) is 0 Å². The van der Waals surface area contributed by atoms with E-state index in [0.29, 0.717) is 11.4 Å². The lowest BCUT2D eigenvalue weighted by Gasteiger charge is -2.09. The van der Waals surface area contributed by atoms with Crippen LogP contribution >= 0.6 is 11.6 Å². The van der Waals surface area contributed by atoms with Crippen LogP contribution in [0.5, 0.6) is 0 Å². The highest BCUT2D eigenvalue weighted by atomic mass is 35.5. The molecule has 0 amide bonds. The fourth-order valence-electron chi connectivity index (χ4n) is 2.05. The van der Waals surface area contributed by atoms with Gasteiger partial charge in [-0.05, 0) is 30.0 Å². The summed E-state index contributed by atoms with van der Waals surface area (Å²) in [7, 11) is 0. The quantitative estimate of drug-likeness (QED) is 0.869. The van der Waals surface area contributed by atoms with Gasteiger partial charge in [0.25, 0.3) is 0 Å². The van der Waals surface area contributed by atoms with Gasteiger partial charge in [0.2, 0.25) is 0 Å². The monoisotopic (exact) mass is 251 g/mol. The summed E-state index contributed by atoms with van der Waals surface area (Å²) in [4.78, 5) is 13.7. The molecule has 1 atom stereocenters. The third-order valence-electron chi connectivity index (χ3n) is 3.01. The summed E-state index contributed by atoms with van der Waals surface area (Å²) >= 11 is 6.17. The van der Waals surface area contributed by atoms with Crippen molar-refractivity contribution < 1.29 is 9.90 Å². The third kappa shape index (κ3) is 2.44. The van der Waals surface area contributed by atoms with Crippen molar-refractivity contribution in [1.82, 2.24) is 4.98 Å². The number of carboxylic acids is 1. The van der Waals surface area contributed by atoms with E-state index in [4.69, 9.17) is 16.7 Å². The number of benzene rings is 1. The van der Waals surface area contributed by atoms with Crippen LogP contribution in [0.2, 0.25) is 5.02 Å². The van der Waals surface area contributed by atoms with Crippen LogP contribution in [0.4, 0.5) is 0 Å². The highest BCUT2D eigenvalue weighted by Crippen LogP contribution is 2.33. The Morgan fingerprint density at radius 1 is 1.53 bits per heavy atom. The van der Waals surface area contributed by atoms with E-state index >= 15 is 0 Å². The molecule has 0 saturated carbocycles. The number of aromatic nitrogens is 1. The summed E-state index contributed by atoms with van der Waals surface area (Å²) in [6, 6.07) is 5.71. The van der Waals surface area contributed by atoms with Gasteiger partial charge in [-0.1, -0.05) is 24.6 Å². The predicted octanol–water partition coefficient (Wildman–Crippen LogP) is 3.79. The molecule has 4 heteroatoms. The Balaban J connectivity index is 2.32. The number of nitrogens with one attached hydrogen (secondary N) is 1.